The Labute approximate surface area is 117 Å². The molecule has 8 nitrogen and oxygen atoms in total. The number of nitrogens with two attached hydrogens (primary N) is 1. The molecule has 2 rings (SSSR count). The number of aryl methyl sites for hydroxylation is 1. The monoisotopic (exact) mass is 298 g/mol. The Morgan fingerprint density at radius 2 is 2.14 bits per heavy atom. The fourth-order valence-electron chi connectivity index (χ4n) is 1.61. The first-order chi connectivity index (χ1) is 9.92. The Hall–Kier alpha value is -2.78. The maximum Gasteiger partial charge on any atom is 0.333 e. The molecule has 112 valence electrons. The average Bonchev–Trinajstić information content (AvgIpc) is 3.04. The predicted octanol–water partition coefficient (Wildman–Crippen LogP) is 0.846. The van der Waals surface area contributed by atoms with Crippen LogP contribution in [0.3, 0.4) is 0 Å². The Bertz CT molecular complexity index is 678. The van der Waals surface area contributed by atoms with Gasteiger partial charge in [-0.2, -0.15) is 19.0 Å². The molecule has 2 heterocycles. The topological polar surface area (TPSA) is 108 Å². The van der Waals surface area contributed by atoms with E-state index in [1.54, 1.807) is 6.92 Å². The van der Waals surface area contributed by atoms with E-state index in [1.165, 1.54) is 10.9 Å². The number of primary amides is 1. The van der Waals surface area contributed by atoms with E-state index in [9.17, 15) is 18.4 Å². The molecule has 0 unspecified atom stereocenters. The van der Waals surface area contributed by atoms with Crippen LogP contribution >= 0.6 is 0 Å². The number of amides is 2. The van der Waals surface area contributed by atoms with Crippen molar-refractivity contribution < 1.29 is 18.4 Å². The molecule has 0 aliphatic rings. The molecule has 0 fully saturated rings. The molecule has 0 saturated carbocycles. The van der Waals surface area contributed by atoms with E-state index in [0.29, 0.717) is 11.2 Å². The van der Waals surface area contributed by atoms with Crippen molar-refractivity contribution in [1.82, 2.24) is 19.6 Å². The molecule has 21 heavy (non-hydrogen) atoms. The van der Waals surface area contributed by atoms with Crippen molar-refractivity contribution in [3.8, 4) is 0 Å². The van der Waals surface area contributed by atoms with Gasteiger partial charge in [-0.3, -0.25) is 14.3 Å². The fraction of sp³-hybridized carbons (Fsp3) is 0.273. The lowest BCUT2D eigenvalue weighted by Crippen LogP contribution is -2.18. The lowest BCUT2D eigenvalue weighted by Gasteiger charge is -2.01. The van der Waals surface area contributed by atoms with E-state index < -0.39 is 18.4 Å². The van der Waals surface area contributed by atoms with Crippen LogP contribution in [0, 0.1) is 0 Å². The normalized spacial score (nSPS) is 10.9. The van der Waals surface area contributed by atoms with Crippen molar-refractivity contribution in [2.75, 3.05) is 5.32 Å². The molecule has 2 aromatic rings. The van der Waals surface area contributed by atoms with Gasteiger partial charge in [0, 0.05) is 18.9 Å². The third-order valence-corrected chi connectivity index (χ3v) is 2.61. The van der Waals surface area contributed by atoms with Gasteiger partial charge in [-0.05, 0) is 13.0 Å². The van der Waals surface area contributed by atoms with Crippen molar-refractivity contribution in [3.05, 3.63) is 29.8 Å². The van der Waals surface area contributed by atoms with Crippen LogP contribution in [-0.2, 0) is 6.54 Å². The summed E-state index contributed by atoms with van der Waals surface area (Å²) < 4.78 is 26.5. The van der Waals surface area contributed by atoms with Gasteiger partial charge in [-0.15, -0.1) is 0 Å². The van der Waals surface area contributed by atoms with Crippen LogP contribution < -0.4 is 11.1 Å². The molecular weight excluding hydrogens is 286 g/mol. The lowest BCUT2D eigenvalue weighted by atomic mass is 10.3. The highest BCUT2D eigenvalue weighted by atomic mass is 19.3. The van der Waals surface area contributed by atoms with Crippen LogP contribution in [-0.4, -0.2) is 31.4 Å². The van der Waals surface area contributed by atoms with Crippen molar-refractivity contribution in [2.45, 2.75) is 20.0 Å². The highest BCUT2D eigenvalue weighted by Gasteiger charge is 2.19. The zero-order valence-electron chi connectivity index (χ0n) is 11.0. The number of hydrogen-bond acceptors (Lipinski definition) is 4. The molecule has 3 N–H and O–H groups in total. The molecule has 0 saturated heterocycles. The summed E-state index contributed by atoms with van der Waals surface area (Å²) >= 11 is 0. The minimum atomic E-state index is -2.84. The Morgan fingerprint density at radius 3 is 2.67 bits per heavy atom. The highest BCUT2D eigenvalue weighted by molar-refractivity contribution is 6.06. The van der Waals surface area contributed by atoms with Gasteiger partial charge in [0.2, 0.25) is 0 Å². The molecule has 2 aromatic heterocycles. The van der Waals surface area contributed by atoms with E-state index in [2.05, 4.69) is 15.5 Å². The second-order valence-corrected chi connectivity index (χ2v) is 4.02. The maximum atomic E-state index is 12.4. The summed E-state index contributed by atoms with van der Waals surface area (Å²) in [5, 5.41) is 9.68. The van der Waals surface area contributed by atoms with E-state index in [-0.39, 0.29) is 17.1 Å². The number of carbonyl (C=O) groups is 2. The lowest BCUT2D eigenvalue weighted by molar-refractivity contribution is 0.0561. The summed E-state index contributed by atoms with van der Waals surface area (Å²) in [6, 6.07) is 1.13. The number of rotatable bonds is 5. The average molecular weight is 298 g/mol. The number of anilines is 1. The third kappa shape index (κ3) is 3.04. The minimum absolute atomic E-state index is 0.0981. The zero-order valence-corrected chi connectivity index (χ0v) is 11.0. The summed E-state index contributed by atoms with van der Waals surface area (Å²) in [5.74, 6) is -1.55. The second kappa shape index (κ2) is 5.69. The number of nitrogens with zero attached hydrogens (tertiary/aromatic N) is 4. The first-order valence-corrected chi connectivity index (χ1v) is 5.94. The number of aromatic nitrogens is 4. The molecule has 0 atom stereocenters. The van der Waals surface area contributed by atoms with E-state index >= 15 is 0 Å². The smallest absolute Gasteiger partial charge is 0.333 e. The van der Waals surface area contributed by atoms with E-state index in [1.807, 2.05) is 0 Å². The van der Waals surface area contributed by atoms with Gasteiger partial charge in [0.25, 0.3) is 11.8 Å². The van der Waals surface area contributed by atoms with Crippen LogP contribution in [0.2, 0.25) is 0 Å². The predicted molar refractivity (Wildman–Crippen MR) is 67.9 cm³/mol. The van der Waals surface area contributed by atoms with Crippen molar-refractivity contribution in [3.63, 3.8) is 0 Å². The molecule has 0 aliphatic heterocycles. The van der Waals surface area contributed by atoms with Gasteiger partial charge in [0.1, 0.15) is 0 Å². The number of halogens is 2. The first kappa shape index (κ1) is 14.6. The molecule has 0 aromatic carbocycles. The van der Waals surface area contributed by atoms with Gasteiger partial charge in [-0.25, -0.2) is 4.68 Å². The second-order valence-electron chi connectivity index (χ2n) is 4.02. The molecule has 0 spiro atoms. The molecular formula is C11H12F2N6O2. The highest BCUT2D eigenvalue weighted by Crippen LogP contribution is 2.15. The van der Waals surface area contributed by atoms with Crippen molar-refractivity contribution >= 4 is 17.5 Å². The SMILES string of the molecule is CCn1cc(NC(=O)c2ccn(C(F)F)n2)c(C(N)=O)n1. The summed E-state index contributed by atoms with van der Waals surface area (Å²) in [6.07, 6.45) is 2.39. The Balaban J connectivity index is 2.22. The molecule has 2 amide bonds. The zero-order chi connectivity index (χ0) is 15.6. The maximum absolute atomic E-state index is 12.4. The summed E-state index contributed by atoms with van der Waals surface area (Å²) in [4.78, 5) is 23.1. The Kier molecular flexibility index (Phi) is 3.96. The van der Waals surface area contributed by atoms with Crippen molar-refractivity contribution in [1.29, 1.82) is 0 Å². The number of hydrogen-bond donors (Lipinski definition) is 2. The first-order valence-electron chi connectivity index (χ1n) is 5.94. The number of nitrogens with one attached hydrogen (secondary N) is 1. The molecule has 0 bridgehead atoms. The summed E-state index contributed by atoms with van der Waals surface area (Å²) in [5.41, 5.74) is 4.93. The summed E-state index contributed by atoms with van der Waals surface area (Å²) in [7, 11) is 0. The summed E-state index contributed by atoms with van der Waals surface area (Å²) in [6.45, 7) is -0.584. The van der Waals surface area contributed by atoms with Gasteiger partial charge in [-0.1, -0.05) is 0 Å². The number of alkyl halides is 2. The van der Waals surface area contributed by atoms with Crippen LogP contribution in [0.5, 0.6) is 0 Å². The standard InChI is InChI=1S/C11H12F2N6O2/c1-2-18-5-7(8(17-18)9(14)20)15-10(21)6-3-4-19(16-6)11(12)13/h3-5,11H,2H2,1H3,(H2,14,20)(H,15,21). The molecule has 0 aliphatic carbocycles. The van der Waals surface area contributed by atoms with Crippen LogP contribution in [0.1, 0.15) is 34.5 Å². The quantitative estimate of drug-likeness (QED) is 0.852. The third-order valence-electron chi connectivity index (χ3n) is 2.61. The van der Waals surface area contributed by atoms with E-state index in [0.717, 1.165) is 12.3 Å². The van der Waals surface area contributed by atoms with E-state index in [4.69, 9.17) is 5.73 Å². The van der Waals surface area contributed by atoms with Crippen LogP contribution in [0.4, 0.5) is 14.5 Å². The molecule has 10 heteroatoms. The fourth-order valence-corrected chi connectivity index (χ4v) is 1.61. The van der Waals surface area contributed by atoms with Crippen LogP contribution in [0.25, 0.3) is 0 Å². The Morgan fingerprint density at radius 1 is 1.43 bits per heavy atom. The minimum Gasteiger partial charge on any atom is -0.364 e. The van der Waals surface area contributed by atoms with Gasteiger partial charge < -0.3 is 11.1 Å². The van der Waals surface area contributed by atoms with Crippen LogP contribution in [0.15, 0.2) is 18.5 Å². The van der Waals surface area contributed by atoms with Gasteiger partial charge in [0.05, 0.1) is 5.69 Å². The van der Waals surface area contributed by atoms with Gasteiger partial charge in [0.15, 0.2) is 11.4 Å². The largest absolute Gasteiger partial charge is 0.364 e. The number of carbonyl (C=O) groups excluding carboxylic acids is 2. The van der Waals surface area contributed by atoms with Crippen molar-refractivity contribution in [2.24, 2.45) is 5.73 Å². The van der Waals surface area contributed by atoms with Gasteiger partial charge >= 0.3 is 6.55 Å². The molecule has 0 radical (unpaired) electrons.